The molecule has 2 aromatic rings. The van der Waals surface area contributed by atoms with Crippen LogP contribution in [-0.2, 0) is 0 Å². The second kappa shape index (κ2) is 3.69. The monoisotopic (exact) mass is 229 g/mol. The maximum Gasteiger partial charge on any atom is 0.356 e. The Labute approximate surface area is 97.7 Å². The molecule has 1 fully saturated rings. The van der Waals surface area contributed by atoms with Crippen LogP contribution in [0.25, 0.3) is 5.82 Å². The van der Waals surface area contributed by atoms with Gasteiger partial charge in [0.15, 0.2) is 11.5 Å². The predicted octanol–water partition coefficient (Wildman–Crippen LogP) is 1.84. The van der Waals surface area contributed by atoms with Gasteiger partial charge in [-0.25, -0.2) is 14.5 Å². The molecule has 1 aliphatic rings. The van der Waals surface area contributed by atoms with Gasteiger partial charge in [0, 0.05) is 12.1 Å². The van der Waals surface area contributed by atoms with Crippen molar-refractivity contribution in [2.24, 2.45) is 0 Å². The lowest BCUT2D eigenvalue weighted by Gasteiger charge is -2.04. The number of hydrogen-bond donors (Lipinski definition) is 1. The van der Waals surface area contributed by atoms with E-state index in [1.807, 2.05) is 18.2 Å². The van der Waals surface area contributed by atoms with Crippen molar-refractivity contribution in [1.82, 2.24) is 14.8 Å². The molecule has 1 aliphatic carbocycles. The van der Waals surface area contributed by atoms with Gasteiger partial charge in [-0.05, 0) is 31.0 Å². The third-order valence-corrected chi connectivity index (χ3v) is 2.82. The fourth-order valence-electron chi connectivity index (χ4n) is 1.83. The molecule has 86 valence electrons. The summed E-state index contributed by atoms with van der Waals surface area (Å²) < 4.78 is 1.64. The van der Waals surface area contributed by atoms with Gasteiger partial charge in [-0.2, -0.15) is 5.10 Å². The van der Waals surface area contributed by atoms with Crippen LogP contribution in [-0.4, -0.2) is 25.8 Å². The number of nitrogens with zero attached hydrogens (tertiary/aromatic N) is 3. The summed E-state index contributed by atoms with van der Waals surface area (Å²) in [5, 5.41) is 13.1. The Hall–Kier alpha value is -2.17. The van der Waals surface area contributed by atoms with E-state index in [0.717, 1.165) is 18.5 Å². The molecule has 0 amide bonds. The van der Waals surface area contributed by atoms with Crippen molar-refractivity contribution in [3.05, 3.63) is 41.9 Å². The van der Waals surface area contributed by atoms with E-state index in [2.05, 4.69) is 10.1 Å². The summed E-state index contributed by atoms with van der Waals surface area (Å²) in [6, 6.07) is 7.15. The summed E-state index contributed by atoms with van der Waals surface area (Å²) in [6.45, 7) is 0. The fourth-order valence-corrected chi connectivity index (χ4v) is 1.83. The van der Waals surface area contributed by atoms with E-state index in [1.165, 1.54) is 0 Å². The Morgan fingerprint density at radius 1 is 1.41 bits per heavy atom. The van der Waals surface area contributed by atoms with Crippen molar-refractivity contribution in [2.45, 2.75) is 18.8 Å². The van der Waals surface area contributed by atoms with Gasteiger partial charge in [-0.15, -0.1) is 0 Å². The molecule has 0 spiro atoms. The van der Waals surface area contributed by atoms with Gasteiger partial charge in [0.25, 0.3) is 0 Å². The zero-order valence-electron chi connectivity index (χ0n) is 9.08. The van der Waals surface area contributed by atoms with E-state index in [4.69, 9.17) is 5.11 Å². The molecule has 0 saturated heterocycles. The topological polar surface area (TPSA) is 68.0 Å². The fraction of sp³-hybridized carbons (Fsp3) is 0.250. The van der Waals surface area contributed by atoms with Crippen LogP contribution >= 0.6 is 0 Å². The first-order valence-electron chi connectivity index (χ1n) is 5.50. The largest absolute Gasteiger partial charge is 0.476 e. The van der Waals surface area contributed by atoms with Crippen molar-refractivity contribution in [1.29, 1.82) is 0 Å². The maximum atomic E-state index is 10.9. The molecule has 1 N–H and O–H groups in total. The Balaban J connectivity index is 2.11. The quantitative estimate of drug-likeness (QED) is 0.872. The van der Waals surface area contributed by atoms with Crippen LogP contribution in [0, 0.1) is 0 Å². The van der Waals surface area contributed by atoms with Gasteiger partial charge < -0.3 is 5.11 Å². The first-order chi connectivity index (χ1) is 8.25. The summed E-state index contributed by atoms with van der Waals surface area (Å²) in [6.07, 6.45) is 3.86. The van der Waals surface area contributed by atoms with Crippen LogP contribution in [0.1, 0.15) is 34.9 Å². The van der Waals surface area contributed by atoms with Gasteiger partial charge in [-0.1, -0.05) is 6.07 Å². The first kappa shape index (κ1) is 10.0. The van der Waals surface area contributed by atoms with E-state index in [0.29, 0.717) is 11.7 Å². The summed E-state index contributed by atoms with van der Waals surface area (Å²) in [5.74, 6) is 0.0982. The van der Waals surface area contributed by atoms with Gasteiger partial charge in [0.05, 0.1) is 5.69 Å². The molecule has 5 heteroatoms. The molecule has 3 rings (SSSR count). The van der Waals surface area contributed by atoms with Crippen molar-refractivity contribution in [3.8, 4) is 5.82 Å². The average molecular weight is 229 g/mol. The minimum Gasteiger partial charge on any atom is -0.476 e. The molecule has 0 unspecified atom stereocenters. The Bertz CT molecular complexity index is 558. The molecule has 0 aromatic carbocycles. The smallest absolute Gasteiger partial charge is 0.356 e. The van der Waals surface area contributed by atoms with Gasteiger partial charge in [-0.3, -0.25) is 0 Å². The molecule has 1 saturated carbocycles. The number of carbonyl (C=O) groups is 1. The van der Waals surface area contributed by atoms with Crippen molar-refractivity contribution in [3.63, 3.8) is 0 Å². The molecule has 0 aliphatic heterocycles. The zero-order chi connectivity index (χ0) is 11.8. The lowest BCUT2D eigenvalue weighted by atomic mass is 10.2. The lowest BCUT2D eigenvalue weighted by Crippen LogP contribution is -2.04. The first-order valence-corrected chi connectivity index (χ1v) is 5.50. The van der Waals surface area contributed by atoms with E-state index in [9.17, 15) is 4.79 Å². The number of hydrogen-bond acceptors (Lipinski definition) is 3. The standard InChI is InChI=1S/C12H11N3O2/c16-12(17)9-7-10(8-4-5-8)15(14-9)11-3-1-2-6-13-11/h1-3,6-8H,4-5H2,(H,16,17). The molecule has 0 bridgehead atoms. The van der Waals surface area contributed by atoms with Crippen LogP contribution < -0.4 is 0 Å². The summed E-state index contributed by atoms with van der Waals surface area (Å²) in [7, 11) is 0. The minimum absolute atomic E-state index is 0.0811. The molecular formula is C12H11N3O2. The van der Waals surface area contributed by atoms with Crippen LogP contribution in [0.3, 0.4) is 0 Å². The van der Waals surface area contributed by atoms with E-state index < -0.39 is 5.97 Å². The summed E-state index contributed by atoms with van der Waals surface area (Å²) in [4.78, 5) is 15.1. The molecule has 0 radical (unpaired) electrons. The number of pyridine rings is 1. The normalized spacial score (nSPS) is 14.8. The summed E-state index contributed by atoms with van der Waals surface area (Å²) in [5.41, 5.74) is 1.03. The lowest BCUT2D eigenvalue weighted by molar-refractivity contribution is 0.0690. The van der Waals surface area contributed by atoms with E-state index >= 15 is 0 Å². The van der Waals surface area contributed by atoms with Gasteiger partial charge in [0.1, 0.15) is 0 Å². The average Bonchev–Trinajstić information content (AvgIpc) is 3.09. The van der Waals surface area contributed by atoms with Crippen LogP contribution in [0.5, 0.6) is 0 Å². The summed E-state index contributed by atoms with van der Waals surface area (Å²) >= 11 is 0. The van der Waals surface area contributed by atoms with Crippen LogP contribution in [0.4, 0.5) is 0 Å². The number of carboxylic acid groups (broad SMARTS) is 1. The molecule has 5 nitrogen and oxygen atoms in total. The Morgan fingerprint density at radius 3 is 2.82 bits per heavy atom. The molecule has 17 heavy (non-hydrogen) atoms. The predicted molar refractivity (Wildman–Crippen MR) is 60.3 cm³/mol. The highest BCUT2D eigenvalue weighted by atomic mass is 16.4. The second-order valence-electron chi connectivity index (χ2n) is 4.13. The van der Waals surface area contributed by atoms with Gasteiger partial charge in [0.2, 0.25) is 0 Å². The van der Waals surface area contributed by atoms with Gasteiger partial charge >= 0.3 is 5.97 Å². The molecule has 2 heterocycles. The van der Waals surface area contributed by atoms with Crippen LogP contribution in [0.15, 0.2) is 30.5 Å². The van der Waals surface area contributed by atoms with Crippen molar-refractivity contribution < 1.29 is 9.90 Å². The van der Waals surface area contributed by atoms with Crippen LogP contribution in [0.2, 0.25) is 0 Å². The molecule has 2 aromatic heterocycles. The minimum atomic E-state index is -0.999. The third kappa shape index (κ3) is 1.80. The number of carboxylic acids is 1. The SMILES string of the molecule is O=C(O)c1cc(C2CC2)n(-c2ccccn2)n1. The highest BCUT2D eigenvalue weighted by Gasteiger charge is 2.29. The molecular weight excluding hydrogens is 218 g/mol. The van der Waals surface area contributed by atoms with E-state index in [1.54, 1.807) is 16.9 Å². The zero-order valence-corrected chi connectivity index (χ0v) is 9.08. The Kier molecular flexibility index (Phi) is 2.18. The second-order valence-corrected chi connectivity index (χ2v) is 4.13. The third-order valence-electron chi connectivity index (χ3n) is 2.82. The van der Waals surface area contributed by atoms with Crippen molar-refractivity contribution >= 4 is 5.97 Å². The number of aromatic carboxylic acids is 1. The van der Waals surface area contributed by atoms with E-state index in [-0.39, 0.29) is 5.69 Å². The highest BCUT2D eigenvalue weighted by molar-refractivity contribution is 5.85. The van der Waals surface area contributed by atoms with Crippen molar-refractivity contribution in [2.75, 3.05) is 0 Å². The maximum absolute atomic E-state index is 10.9. The molecule has 0 atom stereocenters. The number of aromatic nitrogens is 3. The Morgan fingerprint density at radius 2 is 2.24 bits per heavy atom. The highest BCUT2D eigenvalue weighted by Crippen LogP contribution is 2.40. The number of rotatable bonds is 3.